The maximum atomic E-state index is 12.4. The second kappa shape index (κ2) is 8.96. The molecule has 1 aliphatic heterocycles. The fourth-order valence-corrected chi connectivity index (χ4v) is 4.04. The smallest absolute Gasteiger partial charge is 0.222 e. The van der Waals surface area contributed by atoms with Gasteiger partial charge in [-0.2, -0.15) is 12.6 Å². The molecule has 0 saturated carbocycles. The van der Waals surface area contributed by atoms with Gasteiger partial charge in [-0.05, 0) is 42.8 Å². The van der Waals surface area contributed by atoms with Crippen LogP contribution in [-0.2, 0) is 4.79 Å². The minimum Gasteiger partial charge on any atom is -0.342 e. The molecule has 0 bridgehead atoms. The number of likely N-dealkylation sites (tertiary alicyclic amines) is 1. The monoisotopic (exact) mass is 299 g/mol. The Balaban J connectivity index is 2.72. The molecule has 1 heterocycles. The molecule has 118 valence electrons. The summed E-state index contributed by atoms with van der Waals surface area (Å²) in [5, 5.41) is 0. The summed E-state index contributed by atoms with van der Waals surface area (Å²) in [7, 11) is 0. The number of rotatable bonds is 8. The zero-order chi connectivity index (χ0) is 15.0. The van der Waals surface area contributed by atoms with Crippen molar-refractivity contribution >= 4 is 18.5 Å². The fourth-order valence-electron chi connectivity index (χ4n) is 3.63. The molecule has 1 rings (SSSR count). The Labute approximate surface area is 131 Å². The predicted octanol–water partition coefficient (Wildman–Crippen LogP) is 4.54. The summed E-state index contributed by atoms with van der Waals surface area (Å²) in [5.74, 6) is 2.02. The standard InChI is InChI=1S/C17H33NOS/c1-4-10-17(14-20,11-5-2)13-18-12-9-15(6-3)7-8-16(18)19/h15,20H,4-14H2,1-3H3. The van der Waals surface area contributed by atoms with E-state index in [4.69, 9.17) is 0 Å². The van der Waals surface area contributed by atoms with Gasteiger partial charge >= 0.3 is 0 Å². The van der Waals surface area contributed by atoms with E-state index in [-0.39, 0.29) is 5.41 Å². The van der Waals surface area contributed by atoms with E-state index in [1.54, 1.807) is 0 Å². The highest BCUT2D eigenvalue weighted by Crippen LogP contribution is 2.34. The maximum Gasteiger partial charge on any atom is 0.222 e. The number of carbonyl (C=O) groups excluding carboxylic acids is 1. The van der Waals surface area contributed by atoms with Crippen molar-refractivity contribution in [2.45, 2.75) is 72.1 Å². The normalized spacial score (nSPS) is 21.1. The van der Waals surface area contributed by atoms with Crippen molar-refractivity contribution in [3.05, 3.63) is 0 Å². The molecule has 1 amide bonds. The summed E-state index contributed by atoms with van der Waals surface area (Å²) in [5.41, 5.74) is 0.230. The van der Waals surface area contributed by atoms with Crippen molar-refractivity contribution in [1.82, 2.24) is 4.90 Å². The van der Waals surface area contributed by atoms with Crippen LogP contribution in [0.4, 0.5) is 0 Å². The Hall–Kier alpha value is -0.180. The molecule has 1 fully saturated rings. The molecule has 1 aliphatic rings. The van der Waals surface area contributed by atoms with Crippen LogP contribution in [0.5, 0.6) is 0 Å². The van der Waals surface area contributed by atoms with E-state index in [0.717, 1.165) is 37.6 Å². The first kappa shape index (κ1) is 17.9. The third-order valence-electron chi connectivity index (χ3n) is 4.93. The van der Waals surface area contributed by atoms with E-state index in [0.29, 0.717) is 5.91 Å². The Kier molecular flexibility index (Phi) is 8.01. The molecule has 1 atom stereocenters. The molecule has 0 N–H and O–H groups in total. The summed E-state index contributed by atoms with van der Waals surface area (Å²) in [6, 6.07) is 0. The Morgan fingerprint density at radius 3 is 2.35 bits per heavy atom. The molecule has 2 nitrogen and oxygen atoms in total. The van der Waals surface area contributed by atoms with Gasteiger partial charge in [0.1, 0.15) is 0 Å². The van der Waals surface area contributed by atoms with Crippen molar-refractivity contribution in [3.8, 4) is 0 Å². The molecule has 0 aromatic rings. The fraction of sp³-hybridized carbons (Fsp3) is 0.941. The number of carbonyl (C=O) groups is 1. The van der Waals surface area contributed by atoms with E-state index in [2.05, 4.69) is 38.3 Å². The molecule has 0 aromatic heterocycles. The lowest BCUT2D eigenvalue weighted by Gasteiger charge is -2.37. The number of hydrogen-bond acceptors (Lipinski definition) is 2. The van der Waals surface area contributed by atoms with Crippen molar-refractivity contribution in [2.75, 3.05) is 18.8 Å². The highest BCUT2D eigenvalue weighted by atomic mass is 32.1. The van der Waals surface area contributed by atoms with Crippen LogP contribution in [0.15, 0.2) is 0 Å². The lowest BCUT2D eigenvalue weighted by Crippen LogP contribution is -2.42. The van der Waals surface area contributed by atoms with Gasteiger partial charge in [0.15, 0.2) is 0 Å². The predicted molar refractivity (Wildman–Crippen MR) is 90.3 cm³/mol. The largest absolute Gasteiger partial charge is 0.342 e. The van der Waals surface area contributed by atoms with E-state index in [1.807, 2.05) is 0 Å². The van der Waals surface area contributed by atoms with Crippen LogP contribution in [0.1, 0.15) is 72.1 Å². The van der Waals surface area contributed by atoms with E-state index >= 15 is 0 Å². The SMILES string of the molecule is CCCC(CS)(CCC)CN1CCC(CC)CCC1=O. The average molecular weight is 300 g/mol. The topological polar surface area (TPSA) is 20.3 Å². The average Bonchev–Trinajstić information content (AvgIpc) is 2.62. The van der Waals surface area contributed by atoms with Crippen LogP contribution >= 0.6 is 12.6 Å². The van der Waals surface area contributed by atoms with Crippen LogP contribution < -0.4 is 0 Å². The van der Waals surface area contributed by atoms with Crippen LogP contribution in [-0.4, -0.2) is 29.6 Å². The quantitative estimate of drug-likeness (QED) is 0.652. The van der Waals surface area contributed by atoms with Gasteiger partial charge in [-0.15, -0.1) is 0 Å². The van der Waals surface area contributed by atoms with Crippen LogP contribution in [0.3, 0.4) is 0 Å². The third kappa shape index (κ3) is 4.98. The zero-order valence-corrected chi connectivity index (χ0v) is 14.6. The number of nitrogens with zero attached hydrogens (tertiary/aromatic N) is 1. The second-order valence-corrected chi connectivity index (χ2v) is 6.89. The van der Waals surface area contributed by atoms with Crippen molar-refractivity contribution in [1.29, 1.82) is 0 Å². The summed E-state index contributed by atoms with van der Waals surface area (Å²) in [6.45, 7) is 8.61. The minimum absolute atomic E-state index is 0.230. The second-order valence-electron chi connectivity index (χ2n) is 6.58. The van der Waals surface area contributed by atoms with Crippen LogP contribution in [0, 0.1) is 11.3 Å². The highest BCUT2D eigenvalue weighted by molar-refractivity contribution is 7.80. The van der Waals surface area contributed by atoms with Gasteiger partial charge in [-0.3, -0.25) is 4.79 Å². The molecule has 0 spiro atoms. The molecule has 1 saturated heterocycles. The zero-order valence-electron chi connectivity index (χ0n) is 13.7. The number of hydrogen-bond donors (Lipinski definition) is 1. The summed E-state index contributed by atoms with van der Waals surface area (Å²) in [4.78, 5) is 14.5. The van der Waals surface area contributed by atoms with Gasteiger partial charge in [0.05, 0.1) is 0 Å². The first-order valence-electron chi connectivity index (χ1n) is 8.49. The molecule has 20 heavy (non-hydrogen) atoms. The van der Waals surface area contributed by atoms with E-state index in [1.165, 1.54) is 38.5 Å². The molecular weight excluding hydrogens is 266 g/mol. The molecule has 0 aliphatic carbocycles. The Morgan fingerprint density at radius 1 is 1.20 bits per heavy atom. The van der Waals surface area contributed by atoms with Gasteiger partial charge in [-0.1, -0.05) is 40.0 Å². The Morgan fingerprint density at radius 2 is 1.85 bits per heavy atom. The first-order valence-corrected chi connectivity index (χ1v) is 9.12. The van der Waals surface area contributed by atoms with Gasteiger partial charge in [0, 0.05) is 19.5 Å². The Bertz CT molecular complexity index is 287. The summed E-state index contributed by atoms with van der Waals surface area (Å²) < 4.78 is 0. The minimum atomic E-state index is 0.230. The number of amides is 1. The van der Waals surface area contributed by atoms with Crippen LogP contribution in [0.25, 0.3) is 0 Å². The number of thiol groups is 1. The maximum absolute atomic E-state index is 12.4. The van der Waals surface area contributed by atoms with Crippen molar-refractivity contribution in [2.24, 2.45) is 11.3 Å². The lowest BCUT2D eigenvalue weighted by molar-refractivity contribution is -0.132. The van der Waals surface area contributed by atoms with Crippen molar-refractivity contribution in [3.63, 3.8) is 0 Å². The van der Waals surface area contributed by atoms with Crippen LogP contribution in [0.2, 0.25) is 0 Å². The molecule has 1 unspecified atom stereocenters. The highest BCUT2D eigenvalue weighted by Gasteiger charge is 2.32. The lowest BCUT2D eigenvalue weighted by atomic mass is 9.80. The molecule has 3 heteroatoms. The third-order valence-corrected chi connectivity index (χ3v) is 5.60. The van der Waals surface area contributed by atoms with E-state index in [9.17, 15) is 4.79 Å². The van der Waals surface area contributed by atoms with Crippen molar-refractivity contribution < 1.29 is 4.79 Å². The molecule has 0 radical (unpaired) electrons. The van der Waals surface area contributed by atoms with Gasteiger partial charge in [0.25, 0.3) is 0 Å². The van der Waals surface area contributed by atoms with Gasteiger partial charge in [-0.25, -0.2) is 0 Å². The molecular formula is C17H33NOS. The summed E-state index contributed by atoms with van der Waals surface area (Å²) in [6.07, 6.45) is 8.96. The van der Waals surface area contributed by atoms with Gasteiger partial charge in [0.2, 0.25) is 5.91 Å². The first-order chi connectivity index (χ1) is 9.60. The van der Waals surface area contributed by atoms with E-state index < -0.39 is 0 Å². The molecule has 0 aromatic carbocycles. The summed E-state index contributed by atoms with van der Waals surface area (Å²) >= 11 is 4.62. The van der Waals surface area contributed by atoms with Gasteiger partial charge < -0.3 is 4.90 Å².